The Hall–Kier alpha value is -3.29. The Bertz CT molecular complexity index is 1230. The first-order valence-electron chi connectivity index (χ1n) is 8.98. The Morgan fingerprint density at radius 2 is 1.82 bits per heavy atom. The number of aromatic nitrogens is 4. The van der Waals surface area contributed by atoms with Crippen molar-refractivity contribution in [2.75, 3.05) is 0 Å². The van der Waals surface area contributed by atoms with E-state index in [1.165, 1.54) is 28.2 Å². The molecule has 0 atom stereocenters. The molecule has 0 bridgehead atoms. The number of benzene rings is 1. The minimum atomic E-state index is -0.570. The predicted molar refractivity (Wildman–Crippen MR) is 106 cm³/mol. The summed E-state index contributed by atoms with van der Waals surface area (Å²) in [6.07, 6.45) is 3.34. The Balaban J connectivity index is 2.17. The number of aryl methyl sites for hydroxylation is 2. The number of hydrogen-bond donors (Lipinski definition) is 0. The van der Waals surface area contributed by atoms with Crippen LogP contribution in [0.3, 0.4) is 0 Å². The molecule has 146 valence electrons. The average molecular weight is 384 g/mol. The van der Waals surface area contributed by atoms with E-state index >= 15 is 0 Å². The highest BCUT2D eigenvalue weighted by Crippen LogP contribution is 2.16. The molecule has 0 aliphatic carbocycles. The molecule has 0 N–H and O–H groups in total. The lowest BCUT2D eigenvalue weighted by molar-refractivity contribution is 0.101. The number of imidazole rings is 1. The highest BCUT2D eigenvalue weighted by atomic mass is 19.1. The van der Waals surface area contributed by atoms with Crippen molar-refractivity contribution in [2.24, 2.45) is 7.05 Å². The van der Waals surface area contributed by atoms with Crippen LogP contribution in [-0.2, 0) is 20.1 Å². The topological polar surface area (TPSA) is 78.9 Å². The molecular formula is C20H21FN4O3. The molecule has 0 unspecified atom stereocenters. The minimum absolute atomic E-state index is 0.0119. The van der Waals surface area contributed by atoms with Gasteiger partial charge in [0.2, 0.25) is 0 Å². The van der Waals surface area contributed by atoms with E-state index in [9.17, 15) is 18.8 Å². The van der Waals surface area contributed by atoms with Crippen LogP contribution in [0, 0.1) is 5.82 Å². The van der Waals surface area contributed by atoms with Crippen molar-refractivity contribution in [3.8, 4) is 0 Å². The molecule has 0 amide bonds. The van der Waals surface area contributed by atoms with E-state index in [1.54, 1.807) is 36.8 Å². The zero-order valence-electron chi connectivity index (χ0n) is 16.2. The molecule has 3 aromatic rings. The van der Waals surface area contributed by atoms with Crippen LogP contribution in [0.25, 0.3) is 23.3 Å². The number of fused-ring (bicyclic) bond motifs is 1. The van der Waals surface area contributed by atoms with E-state index < -0.39 is 5.82 Å². The molecule has 8 heteroatoms. The van der Waals surface area contributed by atoms with Crippen LogP contribution < -0.4 is 11.2 Å². The second-order valence-electron chi connectivity index (χ2n) is 6.41. The summed E-state index contributed by atoms with van der Waals surface area (Å²) in [6, 6.07) is 4.25. The minimum Gasteiger partial charge on any atom is -0.322 e. The van der Waals surface area contributed by atoms with Crippen LogP contribution in [0.1, 0.15) is 42.5 Å². The third-order valence-electron chi connectivity index (χ3n) is 4.70. The monoisotopic (exact) mass is 384 g/mol. The third-order valence-corrected chi connectivity index (χ3v) is 4.70. The third kappa shape index (κ3) is 3.11. The first-order valence-corrected chi connectivity index (χ1v) is 8.98. The number of carbonyl (C=O) groups excluding carboxylic acids is 1. The molecule has 7 nitrogen and oxygen atoms in total. The van der Waals surface area contributed by atoms with E-state index in [-0.39, 0.29) is 29.1 Å². The van der Waals surface area contributed by atoms with Gasteiger partial charge in [0, 0.05) is 20.1 Å². The van der Waals surface area contributed by atoms with E-state index in [0.717, 1.165) is 0 Å². The van der Waals surface area contributed by atoms with E-state index in [2.05, 4.69) is 4.98 Å². The van der Waals surface area contributed by atoms with Gasteiger partial charge in [-0.15, -0.1) is 0 Å². The van der Waals surface area contributed by atoms with E-state index in [0.29, 0.717) is 29.1 Å². The smallest absolute Gasteiger partial charge is 0.322 e. The van der Waals surface area contributed by atoms with Crippen molar-refractivity contribution >= 4 is 29.1 Å². The summed E-state index contributed by atoms with van der Waals surface area (Å²) in [5.74, 6) is -0.460. The quantitative estimate of drug-likeness (QED) is 0.633. The van der Waals surface area contributed by atoms with Gasteiger partial charge in [0.15, 0.2) is 16.9 Å². The maximum atomic E-state index is 13.7. The highest BCUT2D eigenvalue weighted by Gasteiger charge is 2.17. The summed E-state index contributed by atoms with van der Waals surface area (Å²) in [5.41, 5.74) is 0.526. The summed E-state index contributed by atoms with van der Waals surface area (Å²) in [4.78, 5) is 41.2. The Kier molecular flexibility index (Phi) is 5.13. The van der Waals surface area contributed by atoms with E-state index in [1.807, 2.05) is 6.92 Å². The van der Waals surface area contributed by atoms with Gasteiger partial charge in [-0.25, -0.2) is 14.2 Å². The van der Waals surface area contributed by atoms with Gasteiger partial charge in [0.1, 0.15) is 11.6 Å². The fourth-order valence-electron chi connectivity index (χ4n) is 3.18. The predicted octanol–water partition coefficient (Wildman–Crippen LogP) is 2.45. The second-order valence-corrected chi connectivity index (χ2v) is 6.41. The number of Topliss-reactive ketones (excluding diaryl/α,β-unsaturated/α-hetero) is 1. The lowest BCUT2D eigenvalue weighted by Gasteiger charge is -2.08. The highest BCUT2D eigenvalue weighted by molar-refractivity contribution is 5.95. The molecule has 28 heavy (non-hydrogen) atoms. The van der Waals surface area contributed by atoms with Crippen LogP contribution in [-0.4, -0.2) is 24.5 Å². The molecule has 1 aromatic carbocycles. The van der Waals surface area contributed by atoms with Gasteiger partial charge in [-0.05, 0) is 44.5 Å². The Labute approximate surface area is 160 Å². The number of carbonyl (C=O) groups is 1. The summed E-state index contributed by atoms with van der Waals surface area (Å²) >= 11 is 0. The van der Waals surface area contributed by atoms with Gasteiger partial charge < -0.3 is 4.57 Å². The standard InChI is InChI=1S/C20H21FN4O3/c1-5-24-18-17(19(27)25(6-2)20(24)28)23(4)16(22-18)10-8-13-7-9-15(21)14(11-13)12(3)26/h7-11H,5-6H2,1-4H3. The van der Waals surface area contributed by atoms with Crippen LogP contribution >= 0.6 is 0 Å². The zero-order valence-corrected chi connectivity index (χ0v) is 16.2. The maximum absolute atomic E-state index is 13.7. The first kappa shape index (κ1) is 19.5. The molecule has 0 aliphatic heterocycles. The number of halogens is 1. The maximum Gasteiger partial charge on any atom is 0.332 e. The van der Waals surface area contributed by atoms with Gasteiger partial charge in [-0.1, -0.05) is 12.1 Å². The molecule has 2 aromatic heterocycles. The van der Waals surface area contributed by atoms with Crippen LogP contribution in [0.15, 0.2) is 27.8 Å². The second kappa shape index (κ2) is 7.38. The van der Waals surface area contributed by atoms with Gasteiger partial charge >= 0.3 is 5.69 Å². The average Bonchev–Trinajstić information content (AvgIpc) is 2.98. The molecule has 0 saturated carbocycles. The van der Waals surface area contributed by atoms with Crippen molar-refractivity contribution in [3.05, 3.63) is 61.8 Å². The summed E-state index contributed by atoms with van der Waals surface area (Å²) < 4.78 is 18.0. The van der Waals surface area contributed by atoms with Crippen molar-refractivity contribution in [3.63, 3.8) is 0 Å². The zero-order chi connectivity index (χ0) is 20.6. The SMILES string of the molecule is CCn1c(=O)c2c(nc(C=Cc3ccc(F)c(C(C)=O)c3)n2C)n(CC)c1=O. The molecule has 0 spiro atoms. The molecule has 3 rings (SSSR count). The van der Waals surface area contributed by atoms with Gasteiger partial charge in [-0.3, -0.25) is 18.7 Å². The fraction of sp³-hybridized carbons (Fsp3) is 0.300. The van der Waals surface area contributed by atoms with Gasteiger partial charge in [0.25, 0.3) is 5.56 Å². The van der Waals surface area contributed by atoms with Crippen LogP contribution in [0.2, 0.25) is 0 Å². The van der Waals surface area contributed by atoms with Gasteiger partial charge in [0.05, 0.1) is 5.56 Å². The molecule has 0 aliphatic rings. The van der Waals surface area contributed by atoms with Crippen molar-refractivity contribution in [1.29, 1.82) is 0 Å². The number of rotatable bonds is 5. The lowest BCUT2D eigenvalue weighted by Crippen LogP contribution is -2.39. The molecular weight excluding hydrogens is 363 g/mol. The summed E-state index contributed by atoms with van der Waals surface area (Å²) in [6.45, 7) is 5.52. The summed E-state index contributed by atoms with van der Waals surface area (Å²) in [5, 5.41) is 0. The van der Waals surface area contributed by atoms with Crippen molar-refractivity contribution < 1.29 is 9.18 Å². The first-order chi connectivity index (χ1) is 13.3. The number of nitrogens with zero attached hydrogens (tertiary/aromatic N) is 4. The van der Waals surface area contributed by atoms with Crippen LogP contribution in [0.5, 0.6) is 0 Å². The van der Waals surface area contributed by atoms with Gasteiger partial charge in [-0.2, -0.15) is 0 Å². The fourth-order valence-corrected chi connectivity index (χ4v) is 3.18. The largest absolute Gasteiger partial charge is 0.332 e. The lowest BCUT2D eigenvalue weighted by atomic mass is 10.1. The van der Waals surface area contributed by atoms with Crippen molar-refractivity contribution in [1.82, 2.24) is 18.7 Å². The van der Waals surface area contributed by atoms with Crippen molar-refractivity contribution in [2.45, 2.75) is 33.9 Å². The molecule has 2 heterocycles. The van der Waals surface area contributed by atoms with Crippen LogP contribution in [0.4, 0.5) is 4.39 Å². The Morgan fingerprint density at radius 3 is 2.43 bits per heavy atom. The number of hydrogen-bond acceptors (Lipinski definition) is 4. The number of ketones is 1. The normalized spacial score (nSPS) is 11.6. The molecule has 0 radical (unpaired) electrons. The van der Waals surface area contributed by atoms with E-state index in [4.69, 9.17) is 0 Å². The molecule has 0 saturated heterocycles. The molecule has 0 fully saturated rings. The summed E-state index contributed by atoms with van der Waals surface area (Å²) in [7, 11) is 1.70. The Morgan fingerprint density at radius 1 is 1.14 bits per heavy atom.